The highest BCUT2D eigenvalue weighted by Crippen LogP contribution is 2.31. The Morgan fingerprint density at radius 3 is 2.79 bits per heavy atom. The van der Waals surface area contributed by atoms with Crippen LogP contribution in [0, 0.1) is 5.92 Å². The number of hydrogen-bond acceptors (Lipinski definition) is 6. The number of benzene rings is 2. The van der Waals surface area contributed by atoms with Crippen molar-refractivity contribution in [1.82, 2.24) is 4.98 Å². The van der Waals surface area contributed by atoms with Crippen molar-refractivity contribution in [3.63, 3.8) is 0 Å². The normalized spacial score (nSPS) is 18.1. The smallest absolute Gasteiger partial charge is 0.298 e. The van der Waals surface area contributed by atoms with Gasteiger partial charge < -0.3 is 23.9 Å². The second-order valence-electron chi connectivity index (χ2n) is 7.77. The van der Waals surface area contributed by atoms with Crippen LogP contribution in [0.4, 0.5) is 6.01 Å². The van der Waals surface area contributed by atoms with Crippen LogP contribution >= 0.6 is 0 Å². The summed E-state index contributed by atoms with van der Waals surface area (Å²) in [7, 11) is 0. The van der Waals surface area contributed by atoms with Gasteiger partial charge in [-0.15, -0.1) is 0 Å². The van der Waals surface area contributed by atoms with Crippen LogP contribution in [-0.4, -0.2) is 35.9 Å². The molecule has 1 aliphatic heterocycles. The quantitative estimate of drug-likeness (QED) is 0.670. The predicted molar refractivity (Wildman–Crippen MR) is 106 cm³/mol. The van der Waals surface area contributed by atoms with Crippen LogP contribution in [0.5, 0.6) is 11.5 Å². The van der Waals surface area contributed by atoms with Crippen molar-refractivity contribution in [3.05, 3.63) is 48.0 Å². The molecule has 6 nitrogen and oxygen atoms in total. The summed E-state index contributed by atoms with van der Waals surface area (Å²) in [5.74, 6) is 2.43. The number of nitrogens with zero attached hydrogens (tertiary/aromatic N) is 2. The number of oxazole rings is 1. The Bertz CT molecular complexity index is 974. The average Bonchev–Trinajstić information content (AvgIpc) is 3.39. The summed E-state index contributed by atoms with van der Waals surface area (Å²) in [6, 6.07) is 14.1. The molecule has 1 saturated heterocycles. The van der Waals surface area contributed by atoms with Crippen molar-refractivity contribution >= 4 is 17.1 Å². The van der Waals surface area contributed by atoms with Gasteiger partial charge in [0, 0.05) is 6.07 Å². The van der Waals surface area contributed by atoms with Crippen molar-refractivity contribution in [2.24, 2.45) is 5.92 Å². The Labute approximate surface area is 163 Å². The van der Waals surface area contributed by atoms with E-state index in [-0.39, 0.29) is 6.10 Å². The highest BCUT2D eigenvalue weighted by molar-refractivity contribution is 5.75. The number of ether oxygens (including phenoxy) is 2. The van der Waals surface area contributed by atoms with Crippen LogP contribution < -0.4 is 14.4 Å². The van der Waals surface area contributed by atoms with Gasteiger partial charge in [-0.2, -0.15) is 4.98 Å². The second kappa shape index (κ2) is 7.02. The van der Waals surface area contributed by atoms with Gasteiger partial charge in [0.25, 0.3) is 6.01 Å². The van der Waals surface area contributed by atoms with Crippen LogP contribution in [-0.2, 0) is 0 Å². The van der Waals surface area contributed by atoms with Crippen LogP contribution in [0.2, 0.25) is 0 Å². The molecule has 146 valence electrons. The lowest BCUT2D eigenvalue weighted by atomic mass is 10.1. The van der Waals surface area contributed by atoms with Crippen LogP contribution in [0.25, 0.3) is 11.1 Å². The fraction of sp³-hybridized carbons (Fsp3) is 0.409. The zero-order valence-electron chi connectivity index (χ0n) is 15.9. The van der Waals surface area contributed by atoms with Crippen LogP contribution in [0.3, 0.4) is 0 Å². The van der Waals surface area contributed by atoms with Crippen molar-refractivity contribution < 1.29 is 19.0 Å². The number of anilines is 1. The molecule has 0 radical (unpaired) electrons. The molecule has 2 aromatic carbocycles. The monoisotopic (exact) mass is 380 g/mol. The zero-order valence-corrected chi connectivity index (χ0v) is 15.9. The molecule has 28 heavy (non-hydrogen) atoms. The summed E-state index contributed by atoms with van der Waals surface area (Å²) in [5, 5.41) is 9.72. The van der Waals surface area contributed by atoms with Gasteiger partial charge in [0.05, 0.1) is 25.8 Å². The Hall–Kier alpha value is -2.73. The number of hydrogen-bond donors (Lipinski definition) is 1. The highest BCUT2D eigenvalue weighted by atomic mass is 16.5. The molecule has 2 heterocycles. The van der Waals surface area contributed by atoms with E-state index in [2.05, 4.69) is 9.88 Å². The molecule has 1 aromatic heterocycles. The molecule has 0 spiro atoms. The van der Waals surface area contributed by atoms with E-state index in [1.54, 1.807) is 6.92 Å². The standard InChI is InChI=1S/C22H24N2O4/c1-14(25)16-7-8-20-21(9-16)28-22(23-20)24-11-19(12-24)27-18-4-2-3-17(10-18)26-13-15-5-6-15/h2-4,7-10,14-15,19,25H,5-6,11-13H2,1H3. The lowest BCUT2D eigenvalue weighted by Gasteiger charge is -2.37. The summed E-state index contributed by atoms with van der Waals surface area (Å²) in [4.78, 5) is 6.60. The molecule has 2 aliphatic rings. The molecule has 0 bridgehead atoms. The van der Waals surface area contributed by atoms with Gasteiger partial charge >= 0.3 is 0 Å². The van der Waals surface area contributed by atoms with Gasteiger partial charge in [0.1, 0.15) is 23.1 Å². The lowest BCUT2D eigenvalue weighted by Crippen LogP contribution is -2.54. The predicted octanol–water partition coefficient (Wildman–Crippen LogP) is 3.94. The molecular formula is C22H24N2O4. The van der Waals surface area contributed by atoms with Crippen LogP contribution in [0.15, 0.2) is 46.9 Å². The first-order valence-electron chi connectivity index (χ1n) is 9.87. The maximum absolute atomic E-state index is 9.72. The van der Waals surface area contributed by atoms with Crippen molar-refractivity contribution in [1.29, 1.82) is 0 Å². The number of aliphatic hydroxyl groups excluding tert-OH is 1. The highest BCUT2D eigenvalue weighted by Gasteiger charge is 2.32. The molecular weight excluding hydrogens is 356 g/mol. The molecule has 1 N–H and O–H groups in total. The third-order valence-corrected chi connectivity index (χ3v) is 5.29. The molecule has 2 fully saturated rings. The Morgan fingerprint density at radius 2 is 2.00 bits per heavy atom. The number of aliphatic hydroxyl groups is 1. The maximum atomic E-state index is 9.72. The van der Waals surface area contributed by atoms with E-state index in [4.69, 9.17) is 13.9 Å². The molecule has 3 aromatic rings. The van der Waals surface area contributed by atoms with E-state index in [1.165, 1.54) is 12.8 Å². The van der Waals surface area contributed by atoms with Gasteiger partial charge in [0.15, 0.2) is 5.58 Å². The zero-order chi connectivity index (χ0) is 19.1. The Kier molecular flexibility index (Phi) is 4.36. The first-order chi connectivity index (χ1) is 13.6. The maximum Gasteiger partial charge on any atom is 0.298 e. The van der Waals surface area contributed by atoms with E-state index in [0.717, 1.165) is 48.2 Å². The summed E-state index contributed by atoms with van der Waals surface area (Å²) < 4.78 is 17.8. The topological polar surface area (TPSA) is 68.0 Å². The molecule has 1 atom stereocenters. The summed E-state index contributed by atoms with van der Waals surface area (Å²) in [5.41, 5.74) is 2.31. The minimum absolute atomic E-state index is 0.0988. The molecule has 5 rings (SSSR count). The van der Waals surface area contributed by atoms with E-state index in [9.17, 15) is 5.11 Å². The third kappa shape index (κ3) is 3.64. The fourth-order valence-corrected chi connectivity index (χ4v) is 3.32. The average molecular weight is 380 g/mol. The van der Waals surface area contributed by atoms with E-state index in [0.29, 0.717) is 11.6 Å². The Morgan fingerprint density at radius 1 is 1.18 bits per heavy atom. The van der Waals surface area contributed by atoms with Crippen molar-refractivity contribution in [2.75, 3.05) is 24.6 Å². The van der Waals surface area contributed by atoms with Gasteiger partial charge in [-0.3, -0.25) is 0 Å². The van der Waals surface area contributed by atoms with E-state index >= 15 is 0 Å². The van der Waals surface area contributed by atoms with Gasteiger partial charge in [-0.25, -0.2) is 0 Å². The minimum atomic E-state index is -0.524. The van der Waals surface area contributed by atoms with E-state index < -0.39 is 6.10 Å². The molecule has 6 heteroatoms. The van der Waals surface area contributed by atoms with Crippen molar-refractivity contribution in [3.8, 4) is 11.5 Å². The summed E-state index contributed by atoms with van der Waals surface area (Å²) in [6.45, 7) is 3.99. The summed E-state index contributed by atoms with van der Waals surface area (Å²) >= 11 is 0. The Balaban J connectivity index is 1.19. The minimum Gasteiger partial charge on any atom is -0.493 e. The van der Waals surface area contributed by atoms with Gasteiger partial charge in [0.2, 0.25) is 0 Å². The fourth-order valence-electron chi connectivity index (χ4n) is 3.32. The van der Waals surface area contributed by atoms with E-state index in [1.807, 2.05) is 42.5 Å². The number of aromatic nitrogens is 1. The first kappa shape index (κ1) is 17.4. The lowest BCUT2D eigenvalue weighted by molar-refractivity contribution is 0.162. The van der Waals surface area contributed by atoms with Crippen LogP contribution in [0.1, 0.15) is 31.4 Å². The molecule has 1 aliphatic carbocycles. The molecule has 1 unspecified atom stereocenters. The molecule has 0 amide bonds. The largest absolute Gasteiger partial charge is 0.493 e. The summed E-state index contributed by atoms with van der Waals surface area (Å²) in [6.07, 6.45) is 2.14. The number of rotatable bonds is 7. The number of fused-ring (bicyclic) bond motifs is 1. The third-order valence-electron chi connectivity index (χ3n) is 5.29. The second-order valence-corrected chi connectivity index (χ2v) is 7.77. The van der Waals surface area contributed by atoms with Gasteiger partial charge in [-0.1, -0.05) is 12.1 Å². The van der Waals surface area contributed by atoms with Gasteiger partial charge in [-0.05, 0) is 55.5 Å². The molecule has 1 saturated carbocycles. The first-order valence-corrected chi connectivity index (χ1v) is 9.87. The SMILES string of the molecule is CC(O)c1ccc2nc(N3CC(Oc4cccc(OCC5CC5)c4)C3)oc2c1. The van der Waals surface area contributed by atoms with Crippen molar-refractivity contribution in [2.45, 2.75) is 32.0 Å².